The topological polar surface area (TPSA) is 37.8 Å². The summed E-state index contributed by atoms with van der Waals surface area (Å²) in [6, 6.07) is 2.53. The Morgan fingerprint density at radius 1 is 1.29 bits per heavy atom. The van der Waals surface area contributed by atoms with Crippen LogP contribution in [0.15, 0.2) is 17.0 Å². The monoisotopic (exact) mass is 297 g/mol. The molecule has 0 saturated heterocycles. The van der Waals surface area contributed by atoms with Crippen molar-refractivity contribution in [1.82, 2.24) is 9.97 Å². The minimum absolute atomic E-state index is 0.588. The van der Waals surface area contributed by atoms with Crippen LogP contribution >= 0.6 is 15.9 Å². The van der Waals surface area contributed by atoms with Crippen molar-refractivity contribution in [2.45, 2.75) is 51.5 Å². The standard InChI is InChI=1S/C13H20BrN3/c1-2-3-10-4-6-11(7-5-10)17-13-8-12(14)15-9-16-13/h8-11H,2-7H2,1H3,(H,15,16,17). The number of hydrogen-bond acceptors (Lipinski definition) is 3. The van der Waals surface area contributed by atoms with Crippen LogP contribution in [0.1, 0.15) is 45.4 Å². The molecule has 1 aromatic rings. The largest absolute Gasteiger partial charge is 0.367 e. The average molecular weight is 298 g/mol. The van der Waals surface area contributed by atoms with Crippen LogP contribution in [0.25, 0.3) is 0 Å². The van der Waals surface area contributed by atoms with E-state index in [1.54, 1.807) is 6.33 Å². The zero-order valence-corrected chi connectivity index (χ0v) is 11.9. The van der Waals surface area contributed by atoms with Crippen molar-refractivity contribution in [3.05, 3.63) is 17.0 Å². The van der Waals surface area contributed by atoms with E-state index in [1.807, 2.05) is 6.07 Å². The van der Waals surface area contributed by atoms with Gasteiger partial charge in [0.15, 0.2) is 0 Å². The van der Waals surface area contributed by atoms with Crippen molar-refractivity contribution in [3.8, 4) is 0 Å². The molecule has 0 unspecified atom stereocenters. The molecule has 1 aliphatic carbocycles. The Balaban J connectivity index is 1.82. The highest BCUT2D eigenvalue weighted by molar-refractivity contribution is 9.10. The molecule has 0 spiro atoms. The van der Waals surface area contributed by atoms with Crippen LogP contribution in [-0.4, -0.2) is 16.0 Å². The molecule has 0 aliphatic heterocycles. The lowest BCUT2D eigenvalue weighted by Gasteiger charge is -2.29. The maximum atomic E-state index is 4.24. The van der Waals surface area contributed by atoms with E-state index in [2.05, 4.69) is 38.1 Å². The van der Waals surface area contributed by atoms with Gasteiger partial charge in [0.1, 0.15) is 16.7 Å². The van der Waals surface area contributed by atoms with E-state index in [-0.39, 0.29) is 0 Å². The number of aromatic nitrogens is 2. The summed E-state index contributed by atoms with van der Waals surface area (Å²) >= 11 is 3.37. The lowest BCUT2D eigenvalue weighted by atomic mass is 9.83. The lowest BCUT2D eigenvalue weighted by Crippen LogP contribution is -2.26. The molecule has 1 aromatic heterocycles. The second-order valence-corrected chi connectivity index (χ2v) is 5.69. The number of halogens is 1. The Labute approximate surface area is 112 Å². The Hall–Kier alpha value is -0.640. The molecule has 1 fully saturated rings. The minimum atomic E-state index is 0.588. The molecule has 0 radical (unpaired) electrons. The zero-order valence-electron chi connectivity index (χ0n) is 10.3. The highest BCUT2D eigenvalue weighted by atomic mass is 79.9. The molecule has 0 bridgehead atoms. The van der Waals surface area contributed by atoms with Crippen molar-refractivity contribution in [1.29, 1.82) is 0 Å². The first-order valence-corrected chi connectivity index (χ1v) is 7.31. The highest BCUT2D eigenvalue weighted by Gasteiger charge is 2.20. The van der Waals surface area contributed by atoms with Crippen LogP contribution in [0, 0.1) is 5.92 Å². The summed E-state index contributed by atoms with van der Waals surface area (Å²) < 4.78 is 0.842. The smallest absolute Gasteiger partial charge is 0.130 e. The Kier molecular flexibility index (Phi) is 4.77. The molecule has 3 nitrogen and oxygen atoms in total. The molecule has 1 N–H and O–H groups in total. The molecular weight excluding hydrogens is 278 g/mol. The fraction of sp³-hybridized carbons (Fsp3) is 0.692. The molecule has 94 valence electrons. The van der Waals surface area contributed by atoms with E-state index in [0.717, 1.165) is 16.3 Å². The fourth-order valence-corrected chi connectivity index (χ4v) is 2.93. The number of nitrogens with zero attached hydrogens (tertiary/aromatic N) is 2. The summed E-state index contributed by atoms with van der Waals surface area (Å²) in [6.45, 7) is 2.28. The third-order valence-corrected chi connectivity index (χ3v) is 3.96. The van der Waals surface area contributed by atoms with Crippen molar-refractivity contribution < 1.29 is 0 Å². The van der Waals surface area contributed by atoms with E-state index in [4.69, 9.17) is 0 Å². The molecule has 1 aliphatic rings. The normalized spacial score (nSPS) is 24.6. The van der Waals surface area contributed by atoms with E-state index in [1.165, 1.54) is 38.5 Å². The van der Waals surface area contributed by atoms with Crippen molar-refractivity contribution in [2.24, 2.45) is 5.92 Å². The van der Waals surface area contributed by atoms with Crippen molar-refractivity contribution in [3.63, 3.8) is 0 Å². The Bertz CT molecular complexity index is 348. The third kappa shape index (κ3) is 3.95. The van der Waals surface area contributed by atoms with Gasteiger partial charge in [0.2, 0.25) is 0 Å². The van der Waals surface area contributed by atoms with Gasteiger partial charge in [-0.15, -0.1) is 0 Å². The van der Waals surface area contributed by atoms with Crippen LogP contribution < -0.4 is 5.32 Å². The van der Waals surface area contributed by atoms with Crippen LogP contribution in [-0.2, 0) is 0 Å². The van der Waals surface area contributed by atoms with Crippen LogP contribution in [0.2, 0.25) is 0 Å². The molecule has 17 heavy (non-hydrogen) atoms. The van der Waals surface area contributed by atoms with Gasteiger partial charge in [0.25, 0.3) is 0 Å². The lowest BCUT2D eigenvalue weighted by molar-refractivity contribution is 0.318. The number of rotatable bonds is 4. The van der Waals surface area contributed by atoms with Gasteiger partial charge in [-0.2, -0.15) is 0 Å². The number of nitrogens with one attached hydrogen (secondary N) is 1. The molecule has 4 heteroatoms. The molecule has 1 heterocycles. The number of anilines is 1. The highest BCUT2D eigenvalue weighted by Crippen LogP contribution is 2.29. The summed E-state index contributed by atoms with van der Waals surface area (Å²) in [5.41, 5.74) is 0. The summed E-state index contributed by atoms with van der Waals surface area (Å²) in [4.78, 5) is 8.27. The zero-order chi connectivity index (χ0) is 12.1. The van der Waals surface area contributed by atoms with Gasteiger partial charge in [0.05, 0.1) is 0 Å². The van der Waals surface area contributed by atoms with Gasteiger partial charge in [0, 0.05) is 12.1 Å². The minimum Gasteiger partial charge on any atom is -0.367 e. The Morgan fingerprint density at radius 3 is 2.71 bits per heavy atom. The molecule has 2 rings (SSSR count). The van der Waals surface area contributed by atoms with E-state index < -0.39 is 0 Å². The van der Waals surface area contributed by atoms with Gasteiger partial charge in [-0.3, -0.25) is 0 Å². The van der Waals surface area contributed by atoms with Gasteiger partial charge in [-0.25, -0.2) is 9.97 Å². The second kappa shape index (κ2) is 6.34. The van der Waals surface area contributed by atoms with Gasteiger partial charge < -0.3 is 5.32 Å². The predicted molar refractivity (Wildman–Crippen MR) is 74.0 cm³/mol. The third-order valence-electron chi connectivity index (χ3n) is 3.53. The van der Waals surface area contributed by atoms with Gasteiger partial charge >= 0.3 is 0 Å². The van der Waals surface area contributed by atoms with Crippen LogP contribution in [0.5, 0.6) is 0 Å². The Morgan fingerprint density at radius 2 is 2.06 bits per heavy atom. The van der Waals surface area contributed by atoms with Gasteiger partial charge in [-0.1, -0.05) is 19.8 Å². The van der Waals surface area contributed by atoms with E-state index in [9.17, 15) is 0 Å². The first kappa shape index (κ1) is 12.8. The van der Waals surface area contributed by atoms with E-state index in [0.29, 0.717) is 6.04 Å². The van der Waals surface area contributed by atoms with Crippen LogP contribution in [0.4, 0.5) is 5.82 Å². The molecular formula is C13H20BrN3. The molecule has 0 atom stereocenters. The molecule has 1 saturated carbocycles. The average Bonchev–Trinajstić information content (AvgIpc) is 2.32. The second-order valence-electron chi connectivity index (χ2n) is 4.88. The van der Waals surface area contributed by atoms with Gasteiger partial charge in [-0.05, 0) is 47.5 Å². The summed E-state index contributed by atoms with van der Waals surface area (Å²) in [7, 11) is 0. The summed E-state index contributed by atoms with van der Waals surface area (Å²) in [5, 5.41) is 3.50. The maximum Gasteiger partial charge on any atom is 0.130 e. The summed E-state index contributed by atoms with van der Waals surface area (Å²) in [5.74, 6) is 1.89. The SMILES string of the molecule is CCCC1CCC(Nc2cc(Br)ncn2)CC1. The van der Waals surface area contributed by atoms with Crippen molar-refractivity contribution >= 4 is 21.7 Å². The first-order chi connectivity index (χ1) is 8.28. The molecule has 0 amide bonds. The predicted octanol–water partition coefficient (Wildman–Crippen LogP) is 4.01. The van der Waals surface area contributed by atoms with E-state index >= 15 is 0 Å². The number of hydrogen-bond donors (Lipinski definition) is 1. The maximum absolute atomic E-state index is 4.24. The quantitative estimate of drug-likeness (QED) is 0.853. The van der Waals surface area contributed by atoms with Crippen LogP contribution in [0.3, 0.4) is 0 Å². The first-order valence-electron chi connectivity index (χ1n) is 6.52. The molecule has 0 aromatic carbocycles. The summed E-state index contributed by atoms with van der Waals surface area (Å²) in [6.07, 6.45) is 9.57. The van der Waals surface area contributed by atoms with Crippen molar-refractivity contribution in [2.75, 3.05) is 5.32 Å². The fourth-order valence-electron chi connectivity index (χ4n) is 2.63.